The Kier molecular flexibility index (Phi) is 16.8. The maximum absolute atomic E-state index is 12.3. The standard InChI is InChI=1S/C24H52N2O5Si2/c1-9-13-15-17-19-25-23(27)29-21(11-3)32(5,6)31-33(7,8)22(12-4)30-24(28)26-20-18-16-14-10-2/h21-22H,9-20H2,1-8H3,(H,25,27)(H,26,28). The van der Waals surface area contributed by atoms with Crippen LogP contribution in [0.15, 0.2) is 0 Å². The Hall–Kier alpha value is -1.07. The molecule has 0 aromatic heterocycles. The van der Waals surface area contributed by atoms with E-state index < -0.39 is 16.6 Å². The van der Waals surface area contributed by atoms with E-state index >= 15 is 0 Å². The van der Waals surface area contributed by atoms with Gasteiger partial charge >= 0.3 is 12.2 Å². The van der Waals surface area contributed by atoms with Crippen molar-refractivity contribution in [2.75, 3.05) is 13.1 Å². The van der Waals surface area contributed by atoms with Crippen molar-refractivity contribution in [1.82, 2.24) is 10.6 Å². The Morgan fingerprint density at radius 3 is 1.30 bits per heavy atom. The van der Waals surface area contributed by atoms with Gasteiger partial charge in [0.1, 0.15) is 11.5 Å². The molecule has 0 spiro atoms. The van der Waals surface area contributed by atoms with Gasteiger partial charge in [-0.05, 0) is 51.9 Å². The van der Waals surface area contributed by atoms with Gasteiger partial charge in [-0.25, -0.2) is 9.59 Å². The Balaban J connectivity index is 4.80. The van der Waals surface area contributed by atoms with E-state index in [1.807, 2.05) is 13.8 Å². The molecule has 0 saturated carbocycles. The monoisotopic (exact) mass is 504 g/mol. The van der Waals surface area contributed by atoms with Gasteiger partial charge in [-0.1, -0.05) is 66.2 Å². The first-order valence-corrected chi connectivity index (χ1v) is 19.1. The van der Waals surface area contributed by atoms with Gasteiger partial charge in [0.15, 0.2) is 0 Å². The van der Waals surface area contributed by atoms with Crippen LogP contribution in [0.5, 0.6) is 0 Å². The fourth-order valence-electron chi connectivity index (χ4n) is 4.07. The Labute approximate surface area is 205 Å². The highest BCUT2D eigenvalue weighted by Gasteiger charge is 2.45. The number of nitrogens with one attached hydrogen (secondary N) is 2. The maximum Gasteiger partial charge on any atom is 0.407 e. The Morgan fingerprint density at radius 2 is 1.00 bits per heavy atom. The molecule has 9 heteroatoms. The van der Waals surface area contributed by atoms with Crippen molar-refractivity contribution in [2.24, 2.45) is 0 Å². The zero-order valence-electron chi connectivity index (χ0n) is 22.7. The van der Waals surface area contributed by atoms with Crippen molar-refractivity contribution in [2.45, 2.75) is 130 Å². The molecule has 2 N–H and O–H groups in total. The molecule has 0 fully saturated rings. The number of hydrogen-bond donors (Lipinski definition) is 2. The minimum atomic E-state index is -2.39. The van der Waals surface area contributed by atoms with Gasteiger partial charge in [0.2, 0.25) is 16.6 Å². The van der Waals surface area contributed by atoms with Crippen LogP contribution in [0.1, 0.15) is 91.9 Å². The normalized spacial score (nSPS) is 13.8. The molecule has 7 nitrogen and oxygen atoms in total. The molecule has 0 aliphatic heterocycles. The third-order valence-corrected chi connectivity index (χ3v) is 14.3. The highest BCUT2D eigenvalue weighted by atomic mass is 28.4. The van der Waals surface area contributed by atoms with Crippen molar-refractivity contribution in [3.8, 4) is 0 Å². The summed E-state index contributed by atoms with van der Waals surface area (Å²) in [5.41, 5.74) is -0.519. The number of ether oxygens (including phenoxy) is 2. The van der Waals surface area contributed by atoms with Gasteiger partial charge in [-0.2, -0.15) is 0 Å². The van der Waals surface area contributed by atoms with Crippen molar-refractivity contribution < 1.29 is 23.2 Å². The molecule has 2 atom stereocenters. The molecular formula is C24H52N2O5Si2. The Morgan fingerprint density at radius 1 is 0.636 bits per heavy atom. The lowest BCUT2D eigenvalue weighted by atomic mass is 10.2. The number of unbranched alkanes of at least 4 members (excludes halogenated alkanes) is 6. The summed E-state index contributed by atoms with van der Waals surface area (Å²) in [7, 11) is -4.79. The zero-order valence-corrected chi connectivity index (χ0v) is 24.7. The summed E-state index contributed by atoms with van der Waals surface area (Å²) in [6, 6.07) is 0. The number of amides is 2. The molecule has 33 heavy (non-hydrogen) atoms. The van der Waals surface area contributed by atoms with Gasteiger partial charge < -0.3 is 24.2 Å². The fourth-order valence-corrected chi connectivity index (χ4v) is 13.3. The predicted octanol–water partition coefficient (Wildman–Crippen LogP) is 6.66. The topological polar surface area (TPSA) is 85.9 Å². The molecule has 2 unspecified atom stereocenters. The second-order valence-corrected chi connectivity index (χ2v) is 18.4. The first kappa shape index (κ1) is 31.9. The molecule has 0 bridgehead atoms. The van der Waals surface area contributed by atoms with Crippen LogP contribution in [-0.2, 0) is 13.6 Å². The Bertz CT molecular complexity index is 501. The third-order valence-electron chi connectivity index (χ3n) is 5.92. The minimum Gasteiger partial charge on any atom is -0.451 e. The number of carbonyl (C=O) groups is 2. The average molecular weight is 505 g/mol. The van der Waals surface area contributed by atoms with Gasteiger partial charge in [0.05, 0.1) is 0 Å². The zero-order chi connectivity index (χ0) is 25.3. The van der Waals surface area contributed by atoms with Crippen LogP contribution in [0.2, 0.25) is 26.2 Å². The molecule has 0 aromatic rings. The highest BCUT2D eigenvalue weighted by molar-refractivity contribution is 6.86. The van der Waals surface area contributed by atoms with Crippen LogP contribution in [0.4, 0.5) is 9.59 Å². The van der Waals surface area contributed by atoms with Crippen LogP contribution in [0.25, 0.3) is 0 Å². The summed E-state index contributed by atoms with van der Waals surface area (Å²) < 4.78 is 18.3. The summed E-state index contributed by atoms with van der Waals surface area (Å²) in [4.78, 5) is 24.7. The van der Waals surface area contributed by atoms with Crippen LogP contribution >= 0.6 is 0 Å². The van der Waals surface area contributed by atoms with E-state index in [0.29, 0.717) is 25.9 Å². The van der Waals surface area contributed by atoms with Crippen molar-refractivity contribution in [3.63, 3.8) is 0 Å². The van der Waals surface area contributed by atoms with Crippen LogP contribution in [-0.4, -0.2) is 53.4 Å². The summed E-state index contributed by atoms with van der Waals surface area (Å²) >= 11 is 0. The second-order valence-electron chi connectivity index (χ2n) is 9.89. The summed E-state index contributed by atoms with van der Waals surface area (Å²) in [6.45, 7) is 18.0. The molecule has 2 amide bonds. The molecule has 0 heterocycles. The van der Waals surface area contributed by atoms with Crippen molar-refractivity contribution >= 4 is 28.8 Å². The number of carbonyl (C=O) groups excluding carboxylic acids is 2. The summed E-state index contributed by atoms with van der Waals surface area (Å²) in [5.74, 6) is 0. The predicted molar refractivity (Wildman–Crippen MR) is 141 cm³/mol. The lowest BCUT2D eigenvalue weighted by Crippen LogP contribution is -2.59. The van der Waals surface area contributed by atoms with Crippen LogP contribution in [0.3, 0.4) is 0 Å². The van der Waals surface area contributed by atoms with Gasteiger partial charge in [0, 0.05) is 13.1 Å². The molecule has 0 aromatic carbocycles. The molecular weight excluding hydrogens is 452 g/mol. The quantitative estimate of drug-likeness (QED) is 0.161. The van der Waals surface area contributed by atoms with Gasteiger partial charge in [-0.3, -0.25) is 0 Å². The first-order valence-electron chi connectivity index (χ1n) is 13.1. The van der Waals surface area contributed by atoms with E-state index in [0.717, 1.165) is 25.7 Å². The van der Waals surface area contributed by atoms with E-state index in [2.05, 4.69) is 50.7 Å². The third kappa shape index (κ3) is 14.0. The summed E-state index contributed by atoms with van der Waals surface area (Å²) in [6.07, 6.45) is 9.51. The van der Waals surface area contributed by atoms with Crippen molar-refractivity contribution in [1.29, 1.82) is 0 Å². The van der Waals surface area contributed by atoms with Gasteiger partial charge in [0.25, 0.3) is 0 Å². The lowest BCUT2D eigenvalue weighted by Gasteiger charge is -2.41. The first-order chi connectivity index (χ1) is 15.5. The molecule has 196 valence electrons. The molecule has 0 rings (SSSR count). The largest absolute Gasteiger partial charge is 0.451 e. The number of rotatable bonds is 18. The molecule has 0 radical (unpaired) electrons. The maximum atomic E-state index is 12.3. The minimum absolute atomic E-state index is 0.259. The average Bonchev–Trinajstić information content (AvgIpc) is 2.74. The van der Waals surface area contributed by atoms with E-state index in [1.165, 1.54) is 25.7 Å². The van der Waals surface area contributed by atoms with E-state index in [-0.39, 0.29) is 23.6 Å². The lowest BCUT2D eigenvalue weighted by molar-refractivity contribution is 0.112. The van der Waals surface area contributed by atoms with Gasteiger partial charge in [-0.15, -0.1) is 0 Å². The summed E-state index contributed by atoms with van der Waals surface area (Å²) in [5, 5.41) is 5.75. The van der Waals surface area contributed by atoms with Crippen LogP contribution < -0.4 is 10.6 Å². The van der Waals surface area contributed by atoms with E-state index in [4.69, 9.17) is 13.6 Å². The highest BCUT2D eigenvalue weighted by Crippen LogP contribution is 2.26. The SMILES string of the molecule is CCCCCCNC(=O)OC(CC)[Si](C)(C)O[Si](C)(C)C(CC)OC(=O)NCCCCCC. The van der Waals surface area contributed by atoms with E-state index in [1.54, 1.807) is 0 Å². The smallest absolute Gasteiger partial charge is 0.407 e. The number of alkyl carbamates (subject to hydrolysis) is 2. The fraction of sp³-hybridized carbons (Fsp3) is 0.917. The number of hydrogen-bond acceptors (Lipinski definition) is 5. The second kappa shape index (κ2) is 17.4. The van der Waals surface area contributed by atoms with Crippen LogP contribution in [0, 0.1) is 0 Å². The van der Waals surface area contributed by atoms with Crippen molar-refractivity contribution in [3.05, 3.63) is 0 Å². The molecule has 0 aliphatic carbocycles. The molecule has 0 saturated heterocycles. The molecule has 0 aliphatic rings. The van der Waals surface area contributed by atoms with E-state index in [9.17, 15) is 9.59 Å².